The highest BCUT2D eigenvalue weighted by Crippen LogP contribution is 2.25. The fourth-order valence-electron chi connectivity index (χ4n) is 2.51. The van der Waals surface area contributed by atoms with Crippen LogP contribution in [0.15, 0.2) is 24.3 Å². The Morgan fingerprint density at radius 1 is 1.35 bits per heavy atom. The minimum Gasteiger partial charge on any atom is -0.481 e. The number of sulfonamides is 1. The number of hydrogen-bond donors (Lipinski definition) is 1. The Hall–Kier alpha value is -2.09. The Morgan fingerprint density at radius 2 is 2.09 bits per heavy atom. The second kappa shape index (κ2) is 6.99. The SMILES string of the molecule is CN(CCCC(=O)O)C(=O)c1cccc(N2CCCS2(=O)=O)c1. The van der Waals surface area contributed by atoms with E-state index >= 15 is 0 Å². The molecule has 23 heavy (non-hydrogen) atoms. The van der Waals surface area contributed by atoms with Gasteiger partial charge in [-0.2, -0.15) is 0 Å². The zero-order chi connectivity index (χ0) is 17.0. The maximum absolute atomic E-state index is 12.4. The molecule has 1 aromatic carbocycles. The van der Waals surface area contributed by atoms with Crippen LogP contribution in [0.4, 0.5) is 5.69 Å². The van der Waals surface area contributed by atoms with E-state index in [1.807, 2.05) is 0 Å². The normalized spacial score (nSPS) is 16.3. The van der Waals surface area contributed by atoms with Gasteiger partial charge in [-0.05, 0) is 31.0 Å². The first-order chi connectivity index (χ1) is 10.8. The molecule has 0 unspecified atom stereocenters. The molecule has 1 amide bonds. The third-order valence-corrected chi connectivity index (χ3v) is 5.58. The van der Waals surface area contributed by atoms with E-state index in [1.165, 1.54) is 9.21 Å². The Labute approximate surface area is 135 Å². The van der Waals surface area contributed by atoms with Crippen molar-refractivity contribution in [1.82, 2.24) is 4.90 Å². The van der Waals surface area contributed by atoms with Crippen molar-refractivity contribution in [2.75, 3.05) is 30.2 Å². The molecule has 0 bridgehead atoms. The molecule has 1 aliphatic rings. The highest BCUT2D eigenvalue weighted by molar-refractivity contribution is 7.93. The van der Waals surface area contributed by atoms with E-state index in [4.69, 9.17) is 5.11 Å². The molecule has 126 valence electrons. The fraction of sp³-hybridized carbons (Fsp3) is 0.467. The molecule has 0 spiro atoms. The van der Waals surface area contributed by atoms with Crippen LogP contribution in [0.5, 0.6) is 0 Å². The molecule has 0 atom stereocenters. The van der Waals surface area contributed by atoms with Gasteiger partial charge in [0.25, 0.3) is 5.91 Å². The third kappa shape index (κ3) is 4.22. The summed E-state index contributed by atoms with van der Waals surface area (Å²) in [5, 5.41) is 8.62. The van der Waals surface area contributed by atoms with Crippen LogP contribution in [-0.2, 0) is 14.8 Å². The summed E-state index contributed by atoms with van der Waals surface area (Å²) in [7, 11) is -1.68. The van der Waals surface area contributed by atoms with Crippen LogP contribution >= 0.6 is 0 Å². The second-order valence-corrected chi connectivity index (χ2v) is 7.53. The number of anilines is 1. The van der Waals surface area contributed by atoms with E-state index in [9.17, 15) is 18.0 Å². The largest absolute Gasteiger partial charge is 0.481 e. The minimum atomic E-state index is -3.28. The van der Waals surface area contributed by atoms with Crippen molar-refractivity contribution in [2.45, 2.75) is 19.3 Å². The Morgan fingerprint density at radius 3 is 2.70 bits per heavy atom. The zero-order valence-electron chi connectivity index (χ0n) is 12.9. The number of benzene rings is 1. The van der Waals surface area contributed by atoms with Crippen LogP contribution < -0.4 is 4.31 Å². The van der Waals surface area contributed by atoms with Gasteiger partial charge in [0.2, 0.25) is 10.0 Å². The summed E-state index contributed by atoms with van der Waals surface area (Å²) in [4.78, 5) is 24.3. The molecule has 2 rings (SSSR count). The van der Waals surface area contributed by atoms with Crippen LogP contribution in [0.1, 0.15) is 29.6 Å². The van der Waals surface area contributed by atoms with Gasteiger partial charge < -0.3 is 10.0 Å². The van der Waals surface area contributed by atoms with E-state index < -0.39 is 16.0 Å². The van der Waals surface area contributed by atoms with Gasteiger partial charge in [-0.3, -0.25) is 13.9 Å². The van der Waals surface area contributed by atoms with Gasteiger partial charge >= 0.3 is 5.97 Å². The summed E-state index contributed by atoms with van der Waals surface area (Å²) < 4.78 is 25.2. The molecule has 1 saturated heterocycles. The number of aliphatic carboxylic acids is 1. The van der Waals surface area contributed by atoms with Gasteiger partial charge in [0.15, 0.2) is 0 Å². The lowest BCUT2D eigenvalue weighted by atomic mass is 10.1. The van der Waals surface area contributed by atoms with Gasteiger partial charge in [0.1, 0.15) is 0 Å². The van der Waals surface area contributed by atoms with Crippen molar-refractivity contribution in [3.05, 3.63) is 29.8 Å². The summed E-state index contributed by atoms with van der Waals surface area (Å²) in [6.45, 7) is 0.756. The number of amides is 1. The third-order valence-electron chi connectivity index (χ3n) is 3.71. The highest BCUT2D eigenvalue weighted by Gasteiger charge is 2.28. The summed E-state index contributed by atoms with van der Waals surface area (Å²) in [6.07, 6.45) is 0.955. The van der Waals surface area contributed by atoms with Crippen molar-refractivity contribution >= 4 is 27.6 Å². The number of carboxylic acid groups (broad SMARTS) is 1. The molecule has 1 aromatic rings. The van der Waals surface area contributed by atoms with Crippen LogP contribution in [-0.4, -0.2) is 56.2 Å². The molecule has 1 aliphatic heterocycles. The quantitative estimate of drug-likeness (QED) is 0.838. The monoisotopic (exact) mass is 340 g/mol. The number of rotatable bonds is 6. The summed E-state index contributed by atoms with van der Waals surface area (Å²) >= 11 is 0. The molecule has 0 radical (unpaired) electrons. The molecule has 8 heteroatoms. The van der Waals surface area contributed by atoms with E-state index in [0.29, 0.717) is 37.2 Å². The lowest BCUT2D eigenvalue weighted by molar-refractivity contribution is -0.137. The number of carboxylic acids is 1. The van der Waals surface area contributed by atoms with Gasteiger partial charge in [-0.25, -0.2) is 8.42 Å². The maximum Gasteiger partial charge on any atom is 0.303 e. The molecule has 7 nitrogen and oxygen atoms in total. The first-order valence-corrected chi connectivity index (χ1v) is 9.00. The van der Waals surface area contributed by atoms with Crippen LogP contribution in [0.2, 0.25) is 0 Å². The molecular weight excluding hydrogens is 320 g/mol. The van der Waals surface area contributed by atoms with E-state index in [-0.39, 0.29) is 18.1 Å². The Kier molecular flexibility index (Phi) is 5.25. The molecular formula is C15H20N2O5S. The van der Waals surface area contributed by atoms with Crippen molar-refractivity contribution < 1.29 is 23.1 Å². The van der Waals surface area contributed by atoms with Crippen molar-refractivity contribution in [2.24, 2.45) is 0 Å². The van der Waals surface area contributed by atoms with Crippen molar-refractivity contribution in [1.29, 1.82) is 0 Å². The average Bonchev–Trinajstić information content (AvgIpc) is 2.85. The zero-order valence-corrected chi connectivity index (χ0v) is 13.8. The van der Waals surface area contributed by atoms with Crippen LogP contribution in [0, 0.1) is 0 Å². The van der Waals surface area contributed by atoms with Gasteiger partial charge in [-0.15, -0.1) is 0 Å². The van der Waals surface area contributed by atoms with E-state index in [1.54, 1.807) is 31.3 Å². The second-order valence-electron chi connectivity index (χ2n) is 5.52. The number of carbonyl (C=O) groups excluding carboxylic acids is 1. The minimum absolute atomic E-state index is 0.00365. The predicted molar refractivity (Wildman–Crippen MR) is 86.0 cm³/mol. The maximum atomic E-state index is 12.4. The van der Waals surface area contributed by atoms with Gasteiger partial charge in [-0.1, -0.05) is 6.07 Å². The molecule has 1 N–H and O–H groups in total. The van der Waals surface area contributed by atoms with Gasteiger partial charge in [0, 0.05) is 32.1 Å². The van der Waals surface area contributed by atoms with Crippen molar-refractivity contribution in [3.63, 3.8) is 0 Å². The lowest BCUT2D eigenvalue weighted by Gasteiger charge is -2.20. The molecule has 0 aromatic heterocycles. The molecule has 1 heterocycles. The molecule has 0 saturated carbocycles. The van der Waals surface area contributed by atoms with E-state index in [2.05, 4.69) is 0 Å². The standard InChI is InChI=1S/C15H20N2O5S/c1-16(8-3-7-14(18)19)15(20)12-5-2-6-13(11-12)17-9-4-10-23(17,21)22/h2,5-6,11H,3-4,7-10H2,1H3,(H,18,19). The van der Waals surface area contributed by atoms with Crippen LogP contribution in [0.25, 0.3) is 0 Å². The number of hydrogen-bond acceptors (Lipinski definition) is 4. The first-order valence-electron chi connectivity index (χ1n) is 7.39. The van der Waals surface area contributed by atoms with Gasteiger partial charge in [0.05, 0.1) is 11.4 Å². The average molecular weight is 340 g/mol. The topological polar surface area (TPSA) is 95.0 Å². The Bertz CT molecular complexity index is 702. The fourth-order valence-corrected chi connectivity index (χ4v) is 4.07. The highest BCUT2D eigenvalue weighted by atomic mass is 32.2. The van der Waals surface area contributed by atoms with E-state index in [0.717, 1.165) is 0 Å². The molecule has 0 aliphatic carbocycles. The summed E-state index contributed by atoms with van der Waals surface area (Å²) in [5.74, 6) is -1.03. The smallest absolute Gasteiger partial charge is 0.303 e. The predicted octanol–water partition coefficient (Wildman–Crippen LogP) is 1.16. The van der Waals surface area contributed by atoms with Crippen LogP contribution in [0.3, 0.4) is 0 Å². The first kappa shape index (κ1) is 17.3. The summed E-state index contributed by atoms with van der Waals surface area (Å²) in [5.41, 5.74) is 0.884. The number of carbonyl (C=O) groups is 2. The Balaban J connectivity index is 2.10. The number of nitrogens with zero attached hydrogens (tertiary/aromatic N) is 2. The lowest BCUT2D eigenvalue weighted by Crippen LogP contribution is -2.29. The summed E-state index contributed by atoms with van der Waals surface area (Å²) in [6, 6.07) is 6.52. The van der Waals surface area contributed by atoms with Crippen molar-refractivity contribution in [3.8, 4) is 0 Å². The molecule has 1 fully saturated rings.